The van der Waals surface area contributed by atoms with Crippen LogP contribution in [0.3, 0.4) is 0 Å². The number of aromatic nitrogens is 4. The van der Waals surface area contributed by atoms with Crippen LogP contribution in [-0.4, -0.2) is 63.2 Å². The molecular formula is C19H28N6. The van der Waals surface area contributed by atoms with Crippen LogP contribution in [0.2, 0.25) is 0 Å². The lowest BCUT2D eigenvalue weighted by molar-refractivity contribution is 0.119. The van der Waals surface area contributed by atoms with Crippen molar-refractivity contribution in [3.63, 3.8) is 0 Å². The fraction of sp³-hybridized carbons (Fsp3) is 0.632. The Balaban J connectivity index is 1.68. The minimum Gasteiger partial charge on any atom is -0.304 e. The second-order valence-corrected chi connectivity index (χ2v) is 7.43. The maximum Gasteiger partial charge on any atom is 0.173 e. The number of benzene rings is 1. The summed E-state index contributed by atoms with van der Waals surface area (Å²) in [7, 11) is 2.20. The molecule has 0 amide bonds. The molecule has 1 aromatic carbocycles. The Morgan fingerprint density at radius 2 is 1.68 bits per heavy atom. The molecule has 2 aromatic rings. The molecule has 2 aliphatic rings. The van der Waals surface area contributed by atoms with Crippen LogP contribution in [0.5, 0.6) is 0 Å². The smallest absolute Gasteiger partial charge is 0.173 e. The first-order valence-corrected chi connectivity index (χ1v) is 9.58. The number of likely N-dealkylation sites (N-methyl/N-ethyl adjacent to an activating group) is 1. The topological polar surface area (TPSA) is 50.1 Å². The third kappa shape index (κ3) is 3.60. The average molecular weight is 340 g/mol. The first kappa shape index (κ1) is 16.7. The summed E-state index contributed by atoms with van der Waals surface area (Å²) in [5, 5.41) is 13.0. The van der Waals surface area contributed by atoms with E-state index in [2.05, 4.69) is 67.4 Å². The van der Waals surface area contributed by atoms with E-state index < -0.39 is 0 Å². The monoisotopic (exact) mass is 340 g/mol. The zero-order valence-electron chi connectivity index (χ0n) is 15.1. The van der Waals surface area contributed by atoms with Crippen molar-refractivity contribution in [2.24, 2.45) is 0 Å². The number of piperazine rings is 1. The van der Waals surface area contributed by atoms with Gasteiger partial charge in [0.15, 0.2) is 5.82 Å². The predicted octanol–water partition coefficient (Wildman–Crippen LogP) is 2.52. The number of rotatable bonds is 4. The first-order chi connectivity index (χ1) is 12.3. The quantitative estimate of drug-likeness (QED) is 0.856. The van der Waals surface area contributed by atoms with E-state index in [1.165, 1.54) is 37.7 Å². The van der Waals surface area contributed by atoms with Crippen molar-refractivity contribution in [1.29, 1.82) is 0 Å². The third-order valence-electron chi connectivity index (χ3n) is 5.70. The van der Waals surface area contributed by atoms with E-state index in [4.69, 9.17) is 0 Å². The van der Waals surface area contributed by atoms with E-state index >= 15 is 0 Å². The lowest BCUT2D eigenvalue weighted by Gasteiger charge is -2.38. The van der Waals surface area contributed by atoms with Crippen molar-refractivity contribution in [2.45, 2.75) is 44.2 Å². The molecule has 1 saturated heterocycles. The Morgan fingerprint density at radius 1 is 0.960 bits per heavy atom. The summed E-state index contributed by atoms with van der Waals surface area (Å²) in [6.45, 7) is 4.28. The molecule has 1 saturated carbocycles. The summed E-state index contributed by atoms with van der Waals surface area (Å²) in [5.74, 6) is 1.02. The molecule has 1 atom stereocenters. The maximum atomic E-state index is 4.51. The van der Waals surface area contributed by atoms with Gasteiger partial charge in [-0.3, -0.25) is 4.90 Å². The van der Waals surface area contributed by atoms with Crippen LogP contribution < -0.4 is 0 Å². The Hall–Kier alpha value is -1.79. The van der Waals surface area contributed by atoms with Crippen molar-refractivity contribution < 1.29 is 0 Å². The number of hydrogen-bond donors (Lipinski definition) is 0. The molecule has 0 N–H and O–H groups in total. The summed E-state index contributed by atoms with van der Waals surface area (Å²) < 4.78 is 2.13. The molecule has 6 heteroatoms. The zero-order valence-corrected chi connectivity index (χ0v) is 15.1. The van der Waals surface area contributed by atoms with Gasteiger partial charge in [-0.15, -0.1) is 5.10 Å². The SMILES string of the molecule is CN1CCN([C@@H](c2ccccc2)c2nnnn2C2CCCCC2)CC1. The maximum absolute atomic E-state index is 4.51. The summed E-state index contributed by atoms with van der Waals surface area (Å²) in [4.78, 5) is 4.93. The van der Waals surface area contributed by atoms with Crippen molar-refractivity contribution in [1.82, 2.24) is 30.0 Å². The van der Waals surface area contributed by atoms with Gasteiger partial charge < -0.3 is 4.90 Å². The molecule has 2 heterocycles. The second-order valence-electron chi connectivity index (χ2n) is 7.43. The predicted molar refractivity (Wildman–Crippen MR) is 97.3 cm³/mol. The molecule has 0 spiro atoms. The molecule has 6 nitrogen and oxygen atoms in total. The number of hydrogen-bond acceptors (Lipinski definition) is 5. The van der Waals surface area contributed by atoms with Crippen LogP contribution in [0.15, 0.2) is 30.3 Å². The van der Waals surface area contributed by atoms with E-state index in [1.807, 2.05) is 0 Å². The van der Waals surface area contributed by atoms with Gasteiger partial charge in [-0.05, 0) is 35.9 Å². The average Bonchev–Trinajstić information content (AvgIpc) is 3.14. The van der Waals surface area contributed by atoms with Gasteiger partial charge in [-0.25, -0.2) is 4.68 Å². The summed E-state index contributed by atoms with van der Waals surface area (Å²) >= 11 is 0. The highest BCUT2D eigenvalue weighted by atomic mass is 15.6. The van der Waals surface area contributed by atoms with Crippen LogP contribution >= 0.6 is 0 Å². The van der Waals surface area contributed by atoms with E-state index in [0.717, 1.165) is 32.0 Å². The minimum atomic E-state index is 0.145. The molecule has 4 rings (SSSR count). The molecule has 134 valence electrons. The highest BCUT2D eigenvalue weighted by molar-refractivity contribution is 5.25. The van der Waals surface area contributed by atoms with Gasteiger partial charge >= 0.3 is 0 Å². The highest BCUT2D eigenvalue weighted by Crippen LogP contribution is 2.33. The van der Waals surface area contributed by atoms with Gasteiger partial charge in [0, 0.05) is 26.2 Å². The highest BCUT2D eigenvalue weighted by Gasteiger charge is 2.31. The van der Waals surface area contributed by atoms with Crippen molar-refractivity contribution in [2.75, 3.05) is 33.2 Å². The Morgan fingerprint density at radius 3 is 2.40 bits per heavy atom. The van der Waals surface area contributed by atoms with Gasteiger partial charge in [-0.1, -0.05) is 49.6 Å². The summed E-state index contributed by atoms with van der Waals surface area (Å²) in [6.07, 6.45) is 6.31. The van der Waals surface area contributed by atoms with E-state index in [0.29, 0.717) is 6.04 Å². The molecule has 1 aliphatic heterocycles. The zero-order chi connectivity index (χ0) is 17.1. The molecule has 0 bridgehead atoms. The summed E-state index contributed by atoms with van der Waals surface area (Å²) in [5.41, 5.74) is 1.29. The number of tetrazole rings is 1. The lowest BCUT2D eigenvalue weighted by atomic mass is 9.95. The van der Waals surface area contributed by atoms with E-state index in [-0.39, 0.29) is 6.04 Å². The largest absolute Gasteiger partial charge is 0.304 e. The summed E-state index contributed by atoms with van der Waals surface area (Å²) in [6, 6.07) is 11.3. The van der Waals surface area contributed by atoms with Gasteiger partial charge in [0.25, 0.3) is 0 Å². The van der Waals surface area contributed by atoms with Gasteiger partial charge in [-0.2, -0.15) is 0 Å². The molecule has 0 radical (unpaired) electrons. The minimum absolute atomic E-state index is 0.145. The molecule has 1 aromatic heterocycles. The third-order valence-corrected chi connectivity index (χ3v) is 5.70. The van der Waals surface area contributed by atoms with Gasteiger partial charge in [0.05, 0.1) is 12.1 Å². The van der Waals surface area contributed by atoms with Crippen LogP contribution in [0, 0.1) is 0 Å². The second kappa shape index (κ2) is 7.62. The van der Waals surface area contributed by atoms with Crippen LogP contribution in [0.1, 0.15) is 55.6 Å². The van der Waals surface area contributed by atoms with Crippen LogP contribution in [0.25, 0.3) is 0 Å². The molecule has 0 unspecified atom stereocenters. The Bertz CT molecular complexity index is 656. The fourth-order valence-corrected chi connectivity index (χ4v) is 4.20. The normalized spacial score (nSPS) is 22.1. The lowest BCUT2D eigenvalue weighted by Crippen LogP contribution is -2.46. The van der Waals surface area contributed by atoms with Crippen molar-refractivity contribution in [3.05, 3.63) is 41.7 Å². The van der Waals surface area contributed by atoms with E-state index in [1.54, 1.807) is 0 Å². The molecule has 25 heavy (non-hydrogen) atoms. The molecule has 2 fully saturated rings. The molecular weight excluding hydrogens is 312 g/mol. The number of nitrogens with zero attached hydrogens (tertiary/aromatic N) is 6. The van der Waals surface area contributed by atoms with Gasteiger partial charge in [0.2, 0.25) is 0 Å². The van der Waals surface area contributed by atoms with E-state index in [9.17, 15) is 0 Å². The Kier molecular flexibility index (Phi) is 5.08. The van der Waals surface area contributed by atoms with Gasteiger partial charge in [0.1, 0.15) is 0 Å². The van der Waals surface area contributed by atoms with Crippen molar-refractivity contribution in [3.8, 4) is 0 Å². The molecule has 1 aliphatic carbocycles. The van der Waals surface area contributed by atoms with Crippen LogP contribution in [-0.2, 0) is 0 Å². The van der Waals surface area contributed by atoms with Crippen molar-refractivity contribution >= 4 is 0 Å². The standard InChI is InChI=1S/C19H28N6/c1-23-12-14-24(15-13-23)18(16-8-4-2-5-9-16)19-20-21-22-25(19)17-10-6-3-7-11-17/h2,4-5,8-9,17-18H,3,6-7,10-15H2,1H3/t18-/m0/s1. The first-order valence-electron chi connectivity index (χ1n) is 9.58. The Labute approximate surface area is 149 Å². The fourth-order valence-electron chi connectivity index (χ4n) is 4.20. The van der Waals surface area contributed by atoms with Crippen LogP contribution in [0.4, 0.5) is 0 Å².